The number of thiophene rings is 1. The zero-order valence-electron chi connectivity index (χ0n) is 14.7. The van der Waals surface area contributed by atoms with Crippen LogP contribution in [0.25, 0.3) is 11.1 Å². The Labute approximate surface area is 148 Å². The van der Waals surface area contributed by atoms with Gasteiger partial charge in [0, 0.05) is 41.0 Å². The summed E-state index contributed by atoms with van der Waals surface area (Å²) in [6.45, 7) is 8.69. The quantitative estimate of drug-likeness (QED) is 0.897. The van der Waals surface area contributed by atoms with Gasteiger partial charge in [0.05, 0.1) is 5.56 Å². The number of nitrogens with zero attached hydrogens (tertiary/aromatic N) is 1. The van der Waals surface area contributed by atoms with E-state index in [-0.39, 0.29) is 11.9 Å². The minimum Gasteiger partial charge on any atom is -0.349 e. The van der Waals surface area contributed by atoms with Crippen LogP contribution >= 0.6 is 11.3 Å². The number of benzene rings is 1. The average molecular weight is 343 g/mol. The maximum Gasteiger partial charge on any atom is 0.252 e. The van der Waals surface area contributed by atoms with E-state index in [0.29, 0.717) is 6.04 Å². The van der Waals surface area contributed by atoms with Gasteiger partial charge in [-0.05, 0) is 39.2 Å². The second-order valence-corrected chi connectivity index (χ2v) is 7.91. The standard InChI is InChI=1S/C20H26N2OS/c1-14(2)22-11-9-17(10-12-22)21-20(23)18-13-24-15(3)19(18)16-7-5-4-6-8-16/h4-8,13-14,17H,9-12H2,1-3H3,(H,21,23). The van der Waals surface area contributed by atoms with Crippen LogP contribution in [0.2, 0.25) is 0 Å². The van der Waals surface area contributed by atoms with Gasteiger partial charge in [-0.25, -0.2) is 0 Å². The number of likely N-dealkylation sites (tertiary alicyclic amines) is 1. The first-order valence-corrected chi connectivity index (χ1v) is 9.62. The van der Waals surface area contributed by atoms with Crippen LogP contribution in [-0.4, -0.2) is 36.0 Å². The summed E-state index contributed by atoms with van der Waals surface area (Å²) >= 11 is 1.65. The highest BCUT2D eigenvalue weighted by Crippen LogP contribution is 2.32. The van der Waals surface area contributed by atoms with Crippen molar-refractivity contribution in [3.8, 4) is 11.1 Å². The molecule has 0 saturated carbocycles. The lowest BCUT2D eigenvalue weighted by Gasteiger charge is -2.34. The minimum atomic E-state index is 0.0706. The normalized spacial score (nSPS) is 16.5. The lowest BCUT2D eigenvalue weighted by Crippen LogP contribution is -2.46. The Bertz CT molecular complexity index is 685. The Morgan fingerprint density at radius 1 is 1.21 bits per heavy atom. The number of hydrogen-bond donors (Lipinski definition) is 1. The van der Waals surface area contributed by atoms with E-state index in [2.05, 4.69) is 43.1 Å². The highest BCUT2D eigenvalue weighted by molar-refractivity contribution is 7.10. The molecule has 0 atom stereocenters. The van der Waals surface area contributed by atoms with Crippen molar-refractivity contribution in [2.75, 3.05) is 13.1 Å². The van der Waals surface area contributed by atoms with Gasteiger partial charge >= 0.3 is 0 Å². The molecular formula is C20H26N2OS. The SMILES string of the molecule is Cc1scc(C(=O)NC2CCN(C(C)C)CC2)c1-c1ccccc1. The molecule has 0 unspecified atom stereocenters. The third kappa shape index (κ3) is 3.70. The first kappa shape index (κ1) is 17.2. The van der Waals surface area contributed by atoms with Crippen molar-refractivity contribution in [3.05, 3.63) is 46.2 Å². The zero-order chi connectivity index (χ0) is 17.1. The van der Waals surface area contributed by atoms with Crippen molar-refractivity contribution >= 4 is 17.2 Å². The number of nitrogens with one attached hydrogen (secondary N) is 1. The largest absolute Gasteiger partial charge is 0.349 e. The van der Waals surface area contributed by atoms with Crippen LogP contribution in [0.5, 0.6) is 0 Å². The van der Waals surface area contributed by atoms with Gasteiger partial charge in [-0.15, -0.1) is 11.3 Å². The molecule has 2 aromatic rings. The van der Waals surface area contributed by atoms with Gasteiger partial charge in [0.25, 0.3) is 5.91 Å². The fourth-order valence-corrected chi connectivity index (χ4v) is 4.27. The highest BCUT2D eigenvalue weighted by Gasteiger charge is 2.24. The lowest BCUT2D eigenvalue weighted by atomic mass is 10.00. The van der Waals surface area contributed by atoms with Crippen molar-refractivity contribution in [2.24, 2.45) is 0 Å². The van der Waals surface area contributed by atoms with Gasteiger partial charge < -0.3 is 10.2 Å². The maximum atomic E-state index is 12.8. The molecule has 1 amide bonds. The average Bonchev–Trinajstić information content (AvgIpc) is 2.98. The molecule has 128 valence electrons. The second-order valence-electron chi connectivity index (χ2n) is 6.82. The monoisotopic (exact) mass is 342 g/mol. The number of carbonyl (C=O) groups is 1. The molecule has 0 radical (unpaired) electrons. The molecule has 1 aliphatic heterocycles. The molecule has 1 N–H and O–H groups in total. The third-order valence-electron chi connectivity index (χ3n) is 4.88. The molecular weight excluding hydrogens is 316 g/mol. The molecule has 1 saturated heterocycles. The van der Waals surface area contributed by atoms with Crippen LogP contribution < -0.4 is 5.32 Å². The lowest BCUT2D eigenvalue weighted by molar-refractivity contribution is 0.0901. The summed E-state index contributed by atoms with van der Waals surface area (Å²) in [5.74, 6) is 0.0706. The Kier molecular flexibility index (Phi) is 5.36. The molecule has 0 spiro atoms. The van der Waals surface area contributed by atoms with Crippen LogP contribution in [0.3, 0.4) is 0 Å². The summed E-state index contributed by atoms with van der Waals surface area (Å²) < 4.78 is 0. The molecule has 0 bridgehead atoms. The minimum absolute atomic E-state index is 0.0706. The predicted molar refractivity (Wildman–Crippen MR) is 102 cm³/mol. The van der Waals surface area contributed by atoms with E-state index in [1.807, 2.05) is 23.6 Å². The highest BCUT2D eigenvalue weighted by atomic mass is 32.1. The molecule has 24 heavy (non-hydrogen) atoms. The van der Waals surface area contributed by atoms with Gasteiger partial charge in [-0.1, -0.05) is 30.3 Å². The topological polar surface area (TPSA) is 32.3 Å². The Hall–Kier alpha value is -1.65. The summed E-state index contributed by atoms with van der Waals surface area (Å²) in [6, 6.07) is 11.1. The van der Waals surface area contributed by atoms with E-state index in [1.54, 1.807) is 11.3 Å². The van der Waals surface area contributed by atoms with Gasteiger partial charge in [-0.2, -0.15) is 0 Å². The Morgan fingerprint density at radius 3 is 2.50 bits per heavy atom. The van der Waals surface area contributed by atoms with E-state index >= 15 is 0 Å². The Balaban J connectivity index is 1.71. The second kappa shape index (κ2) is 7.49. The summed E-state index contributed by atoms with van der Waals surface area (Å²) in [5, 5.41) is 5.26. The summed E-state index contributed by atoms with van der Waals surface area (Å²) in [5.41, 5.74) is 3.02. The Morgan fingerprint density at radius 2 is 1.88 bits per heavy atom. The molecule has 1 aliphatic rings. The molecule has 4 heteroatoms. The number of aryl methyl sites for hydroxylation is 1. The molecule has 3 nitrogen and oxygen atoms in total. The fourth-order valence-electron chi connectivity index (χ4n) is 3.41. The first-order valence-electron chi connectivity index (χ1n) is 8.74. The molecule has 1 aromatic heterocycles. The number of amides is 1. The van der Waals surface area contributed by atoms with E-state index in [1.165, 1.54) is 4.88 Å². The van der Waals surface area contributed by atoms with Crippen molar-refractivity contribution < 1.29 is 4.79 Å². The van der Waals surface area contributed by atoms with Crippen LogP contribution in [0.4, 0.5) is 0 Å². The van der Waals surface area contributed by atoms with Gasteiger partial charge in [0.2, 0.25) is 0 Å². The predicted octanol–water partition coefficient (Wildman–Crippen LogP) is 4.33. The number of rotatable bonds is 4. The fraction of sp³-hybridized carbons (Fsp3) is 0.450. The van der Waals surface area contributed by atoms with Crippen molar-refractivity contribution in [2.45, 2.75) is 45.7 Å². The van der Waals surface area contributed by atoms with Gasteiger partial charge in [-0.3, -0.25) is 4.79 Å². The number of piperidine rings is 1. The maximum absolute atomic E-state index is 12.8. The van der Waals surface area contributed by atoms with Crippen molar-refractivity contribution in [3.63, 3.8) is 0 Å². The van der Waals surface area contributed by atoms with Gasteiger partial charge in [0.1, 0.15) is 0 Å². The van der Waals surface area contributed by atoms with Crippen molar-refractivity contribution in [1.82, 2.24) is 10.2 Å². The molecule has 0 aliphatic carbocycles. The molecule has 3 rings (SSSR count). The van der Waals surface area contributed by atoms with E-state index in [0.717, 1.165) is 42.6 Å². The number of hydrogen-bond acceptors (Lipinski definition) is 3. The van der Waals surface area contributed by atoms with E-state index < -0.39 is 0 Å². The smallest absolute Gasteiger partial charge is 0.252 e. The van der Waals surface area contributed by atoms with Crippen LogP contribution in [0.15, 0.2) is 35.7 Å². The third-order valence-corrected chi connectivity index (χ3v) is 5.79. The molecule has 1 fully saturated rings. The first-order chi connectivity index (χ1) is 11.6. The molecule has 1 aromatic carbocycles. The summed E-state index contributed by atoms with van der Waals surface area (Å²) in [4.78, 5) is 16.5. The van der Waals surface area contributed by atoms with Crippen LogP contribution in [0, 0.1) is 6.92 Å². The van der Waals surface area contributed by atoms with Gasteiger partial charge in [0.15, 0.2) is 0 Å². The van der Waals surface area contributed by atoms with Crippen LogP contribution in [-0.2, 0) is 0 Å². The zero-order valence-corrected chi connectivity index (χ0v) is 15.5. The summed E-state index contributed by atoms with van der Waals surface area (Å²) in [7, 11) is 0. The van der Waals surface area contributed by atoms with Crippen LogP contribution in [0.1, 0.15) is 41.9 Å². The summed E-state index contributed by atoms with van der Waals surface area (Å²) in [6.07, 6.45) is 2.07. The molecule has 2 heterocycles. The number of carbonyl (C=O) groups excluding carboxylic acids is 1. The van der Waals surface area contributed by atoms with E-state index in [9.17, 15) is 4.79 Å². The van der Waals surface area contributed by atoms with E-state index in [4.69, 9.17) is 0 Å². The van der Waals surface area contributed by atoms with Crippen molar-refractivity contribution in [1.29, 1.82) is 0 Å².